The molecule has 0 spiro atoms. The lowest BCUT2D eigenvalue weighted by molar-refractivity contribution is 0.357. The van der Waals surface area contributed by atoms with Crippen LogP contribution >= 0.6 is 0 Å². The van der Waals surface area contributed by atoms with Crippen LogP contribution in [0.3, 0.4) is 0 Å². The molecule has 0 aliphatic carbocycles. The molecule has 1 aliphatic rings. The number of nitrogens with two attached hydrogens (primary N) is 1. The summed E-state index contributed by atoms with van der Waals surface area (Å²) in [5, 5.41) is 6.81. The molecule has 0 saturated carbocycles. The number of aromatic amines is 1. The fourth-order valence-corrected chi connectivity index (χ4v) is 1.87. The second-order valence-electron chi connectivity index (χ2n) is 3.62. The van der Waals surface area contributed by atoms with Crippen LogP contribution in [0, 0.1) is 0 Å². The normalized spacial score (nSPS) is 13.6. The van der Waals surface area contributed by atoms with E-state index in [1.165, 1.54) is 5.56 Å². The van der Waals surface area contributed by atoms with E-state index in [0.717, 1.165) is 30.0 Å². The number of hydrogen-bond acceptors (Lipinski definition) is 3. The smallest absolute Gasteiger partial charge is 0.122 e. The van der Waals surface area contributed by atoms with Gasteiger partial charge < -0.3 is 10.5 Å². The number of ether oxygens (including phenoxy) is 1. The van der Waals surface area contributed by atoms with Crippen LogP contribution < -0.4 is 10.5 Å². The molecule has 1 aromatic carbocycles. The third kappa shape index (κ3) is 1.26. The van der Waals surface area contributed by atoms with Gasteiger partial charge >= 0.3 is 0 Å². The zero-order valence-corrected chi connectivity index (χ0v) is 8.16. The molecule has 3 rings (SSSR count). The number of hydrogen-bond donors (Lipinski definition) is 2. The van der Waals surface area contributed by atoms with Crippen LogP contribution in [0.5, 0.6) is 5.75 Å². The molecule has 4 heteroatoms. The maximum absolute atomic E-state index is 5.79. The molecule has 0 bridgehead atoms. The number of rotatable bonds is 1. The number of nitrogen functional groups attached to an aromatic ring is 1. The summed E-state index contributed by atoms with van der Waals surface area (Å²) in [6, 6.07) is 6.08. The van der Waals surface area contributed by atoms with Gasteiger partial charge in [0.05, 0.1) is 24.2 Å². The van der Waals surface area contributed by atoms with Crippen molar-refractivity contribution in [2.24, 2.45) is 0 Å². The summed E-state index contributed by atoms with van der Waals surface area (Å²) in [5.41, 5.74) is 9.65. The van der Waals surface area contributed by atoms with Crippen LogP contribution in [0.15, 0.2) is 24.4 Å². The van der Waals surface area contributed by atoms with Crippen molar-refractivity contribution < 1.29 is 4.74 Å². The van der Waals surface area contributed by atoms with Crippen molar-refractivity contribution in [2.45, 2.75) is 6.42 Å². The van der Waals surface area contributed by atoms with Gasteiger partial charge in [0.15, 0.2) is 0 Å². The zero-order valence-electron chi connectivity index (χ0n) is 8.16. The second kappa shape index (κ2) is 3.02. The first-order chi connectivity index (χ1) is 7.34. The topological polar surface area (TPSA) is 63.9 Å². The van der Waals surface area contributed by atoms with E-state index in [4.69, 9.17) is 10.5 Å². The van der Waals surface area contributed by atoms with Crippen LogP contribution in [-0.4, -0.2) is 16.8 Å². The minimum absolute atomic E-state index is 0.675. The minimum atomic E-state index is 0.675. The zero-order chi connectivity index (χ0) is 10.3. The molecule has 0 fully saturated rings. The Morgan fingerprint density at radius 2 is 2.33 bits per heavy atom. The summed E-state index contributed by atoms with van der Waals surface area (Å²) in [7, 11) is 0. The van der Waals surface area contributed by atoms with Crippen molar-refractivity contribution in [3.63, 3.8) is 0 Å². The first-order valence-corrected chi connectivity index (χ1v) is 4.89. The molecule has 0 atom stereocenters. The van der Waals surface area contributed by atoms with Gasteiger partial charge in [-0.1, -0.05) is 0 Å². The van der Waals surface area contributed by atoms with E-state index in [-0.39, 0.29) is 0 Å². The molecule has 76 valence electrons. The number of nitrogens with zero attached hydrogens (tertiary/aromatic N) is 1. The van der Waals surface area contributed by atoms with Crippen LogP contribution in [0.4, 0.5) is 5.69 Å². The van der Waals surface area contributed by atoms with Crippen LogP contribution in [0.25, 0.3) is 11.3 Å². The maximum Gasteiger partial charge on any atom is 0.122 e. The molecule has 15 heavy (non-hydrogen) atoms. The Balaban J connectivity index is 2.11. The second-order valence-corrected chi connectivity index (χ2v) is 3.62. The molecular formula is C11H11N3O. The predicted octanol–water partition coefficient (Wildman–Crippen LogP) is 1.59. The van der Waals surface area contributed by atoms with E-state index in [9.17, 15) is 0 Å². The maximum atomic E-state index is 5.79. The molecule has 0 saturated heterocycles. The molecular weight excluding hydrogens is 190 g/mol. The quantitative estimate of drug-likeness (QED) is 0.736. The van der Waals surface area contributed by atoms with Gasteiger partial charge in [0.25, 0.3) is 0 Å². The highest BCUT2D eigenvalue weighted by atomic mass is 16.5. The average Bonchev–Trinajstić information content (AvgIpc) is 2.84. The third-order valence-electron chi connectivity index (χ3n) is 2.65. The van der Waals surface area contributed by atoms with Gasteiger partial charge in [-0.3, -0.25) is 5.10 Å². The van der Waals surface area contributed by atoms with Crippen molar-refractivity contribution >= 4 is 5.69 Å². The SMILES string of the molecule is Nc1cn[nH]c1-c1ccc2c(c1)CCO2. The number of H-pyrrole nitrogens is 1. The first kappa shape index (κ1) is 8.35. The monoisotopic (exact) mass is 201 g/mol. The summed E-state index contributed by atoms with van der Waals surface area (Å²) >= 11 is 0. The van der Waals surface area contributed by atoms with Crippen molar-refractivity contribution in [1.82, 2.24) is 10.2 Å². The van der Waals surface area contributed by atoms with Gasteiger partial charge in [0.2, 0.25) is 0 Å². The summed E-state index contributed by atoms with van der Waals surface area (Å²) < 4.78 is 5.44. The molecule has 0 amide bonds. The molecule has 1 aliphatic heterocycles. The van der Waals surface area contributed by atoms with Crippen molar-refractivity contribution in [3.05, 3.63) is 30.0 Å². The van der Waals surface area contributed by atoms with Gasteiger partial charge in [-0.15, -0.1) is 0 Å². The van der Waals surface area contributed by atoms with Gasteiger partial charge in [-0.05, 0) is 23.8 Å². The summed E-state index contributed by atoms with van der Waals surface area (Å²) in [4.78, 5) is 0. The summed E-state index contributed by atoms with van der Waals surface area (Å²) in [6.07, 6.45) is 2.59. The molecule has 2 aromatic rings. The molecule has 3 N–H and O–H groups in total. The first-order valence-electron chi connectivity index (χ1n) is 4.89. The minimum Gasteiger partial charge on any atom is -0.493 e. The van der Waals surface area contributed by atoms with Crippen molar-refractivity contribution in [1.29, 1.82) is 0 Å². The Labute approximate surface area is 87.1 Å². The van der Waals surface area contributed by atoms with E-state index in [2.05, 4.69) is 16.3 Å². The van der Waals surface area contributed by atoms with Gasteiger partial charge in [0, 0.05) is 12.0 Å². The van der Waals surface area contributed by atoms with E-state index >= 15 is 0 Å². The predicted molar refractivity (Wildman–Crippen MR) is 57.6 cm³/mol. The highest BCUT2D eigenvalue weighted by molar-refractivity contribution is 5.73. The van der Waals surface area contributed by atoms with Crippen LogP contribution in [0.2, 0.25) is 0 Å². The fourth-order valence-electron chi connectivity index (χ4n) is 1.87. The molecule has 1 aromatic heterocycles. The Bertz CT molecular complexity index is 504. The summed E-state index contributed by atoms with van der Waals surface area (Å²) in [6.45, 7) is 0.775. The fraction of sp³-hybridized carbons (Fsp3) is 0.182. The lowest BCUT2D eigenvalue weighted by atomic mass is 10.1. The van der Waals surface area contributed by atoms with Crippen molar-refractivity contribution in [3.8, 4) is 17.0 Å². The Morgan fingerprint density at radius 3 is 3.13 bits per heavy atom. The Kier molecular flexibility index (Phi) is 1.68. The van der Waals surface area contributed by atoms with Gasteiger partial charge in [0.1, 0.15) is 5.75 Å². The molecule has 2 heterocycles. The molecule has 4 nitrogen and oxygen atoms in total. The van der Waals surface area contributed by atoms with E-state index in [1.807, 2.05) is 12.1 Å². The molecule has 0 radical (unpaired) electrons. The van der Waals surface area contributed by atoms with Crippen LogP contribution in [0.1, 0.15) is 5.56 Å². The number of anilines is 1. The van der Waals surface area contributed by atoms with Crippen LogP contribution in [-0.2, 0) is 6.42 Å². The number of aromatic nitrogens is 2. The highest BCUT2D eigenvalue weighted by Gasteiger charge is 2.13. The standard InChI is InChI=1S/C11H11N3O/c12-9-6-13-14-11(9)8-1-2-10-7(5-8)3-4-15-10/h1-2,5-6H,3-4,12H2,(H,13,14). The van der Waals surface area contributed by atoms with Gasteiger partial charge in [-0.2, -0.15) is 5.10 Å². The number of benzene rings is 1. The highest BCUT2D eigenvalue weighted by Crippen LogP contribution is 2.31. The third-order valence-corrected chi connectivity index (χ3v) is 2.65. The lowest BCUT2D eigenvalue weighted by Gasteiger charge is -2.02. The van der Waals surface area contributed by atoms with E-state index in [0.29, 0.717) is 5.69 Å². The Morgan fingerprint density at radius 1 is 1.40 bits per heavy atom. The molecule has 0 unspecified atom stereocenters. The number of nitrogens with one attached hydrogen (secondary N) is 1. The van der Waals surface area contributed by atoms with Gasteiger partial charge in [-0.25, -0.2) is 0 Å². The van der Waals surface area contributed by atoms with E-state index in [1.54, 1.807) is 6.20 Å². The summed E-state index contributed by atoms with van der Waals surface area (Å²) in [5.74, 6) is 0.983. The lowest BCUT2D eigenvalue weighted by Crippen LogP contribution is -1.87. The Hall–Kier alpha value is -1.97. The van der Waals surface area contributed by atoms with Crippen molar-refractivity contribution in [2.75, 3.05) is 12.3 Å². The average molecular weight is 201 g/mol. The van der Waals surface area contributed by atoms with E-state index < -0.39 is 0 Å². The largest absolute Gasteiger partial charge is 0.493 e. The number of fused-ring (bicyclic) bond motifs is 1.